The smallest absolute Gasteiger partial charge is 0.303 e. The maximum atomic E-state index is 13.3. The topological polar surface area (TPSA) is 63.6 Å². The Kier molecular flexibility index (Phi) is 7.50. The minimum atomic E-state index is -0.965. The molecule has 1 N–H and O–H groups in total. The highest BCUT2D eigenvalue weighted by Gasteiger charge is 2.24. The molecule has 0 aromatic heterocycles. The molecule has 30 heavy (non-hydrogen) atoms. The molecule has 0 amide bonds. The number of ketones is 1. The van der Waals surface area contributed by atoms with Crippen molar-refractivity contribution in [1.82, 2.24) is 0 Å². The minimum Gasteiger partial charge on any atom is -0.489 e. The third-order valence-corrected chi connectivity index (χ3v) is 5.42. The van der Waals surface area contributed by atoms with Gasteiger partial charge in [-0.25, -0.2) is 0 Å². The first kappa shape index (κ1) is 21.9. The fraction of sp³-hybridized carbons (Fsp3) is 0.167. The van der Waals surface area contributed by atoms with Gasteiger partial charge in [0.1, 0.15) is 12.4 Å². The fourth-order valence-electron chi connectivity index (χ4n) is 3.13. The van der Waals surface area contributed by atoms with Crippen LogP contribution in [-0.4, -0.2) is 16.9 Å². The molecular weight excluding hydrogens is 423 g/mol. The Morgan fingerprint density at radius 3 is 2.37 bits per heavy atom. The van der Waals surface area contributed by atoms with E-state index in [1.54, 1.807) is 42.5 Å². The van der Waals surface area contributed by atoms with E-state index in [0.29, 0.717) is 33.5 Å². The third kappa shape index (κ3) is 5.85. The lowest BCUT2D eigenvalue weighted by atomic mass is 9.87. The number of aliphatic carboxylic acids is 1. The van der Waals surface area contributed by atoms with Gasteiger partial charge in [-0.3, -0.25) is 9.59 Å². The highest BCUT2D eigenvalue weighted by atomic mass is 35.5. The van der Waals surface area contributed by atoms with Crippen LogP contribution in [0.5, 0.6) is 5.75 Å². The van der Waals surface area contributed by atoms with Crippen LogP contribution in [0.1, 0.15) is 40.2 Å². The maximum absolute atomic E-state index is 13.3. The second-order valence-electron chi connectivity index (χ2n) is 6.82. The molecular formula is C24H20Cl2O4. The number of rotatable bonds is 9. The number of ether oxygens (including phenoxy) is 1. The van der Waals surface area contributed by atoms with Crippen molar-refractivity contribution in [2.24, 2.45) is 0 Å². The van der Waals surface area contributed by atoms with Crippen molar-refractivity contribution in [2.45, 2.75) is 25.4 Å². The van der Waals surface area contributed by atoms with Gasteiger partial charge in [-0.15, -0.1) is 0 Å². The molecule has 0 radical (unpaired) electrons. The Morgan fingerprint density at radius 1 is 0.900 bits per heavy atom. The Labute approximate surface area is 185 Å². The maximum Gasteiger partial charge on any atom is 0.303 e. The van der Waals surface area contributed by atoms with Crippen molar-refractivity contribution in [3.8, 4) is 5.75 Å². The predicted octanol–water partition coefficient (Wildman–Crippen LogP) is 6.40. The van der Waals surface area contributed by atoms with Crippen molar-refractivity contribution in [3.05, 3.63) is 99.5 Å². The van der Waals surface area contributed by atoms with Crippen molar-refractivity contribution in [3.63, 3.8) is 0 Å². The normalized spacial score (nSPS) is 11.7. The molecule has 1 atom stereocenters. The van der Waals surface area contributed by atoms with Crippen LogP contribution in [0.15, 0.2) is 72.8 Å². The zero-order chi connectivity index (χ0) is 21.5. The van der Waals surface area contributed by atoms with Crippen LogP contribution < -0.4 is 4.74 Å². The Balaban J connectivity index is 1.82. The zero-order valence-electron chi connectivity index (χ0n) is 16.1. The van der Waals surface area contributed by atoms with Gasteiger partial charge in [-0.1, -0.05) is 71.7 Å². The van der Waals surface area contributed by atoms with Crippen molar-refractivity contribution >= 4 is 35.0 Å². The van der Waals surface area contributed by atoms with Gasteiger partial charge in [0.15, 0.2) is 5.78 Å². The number of carboxylic acid groups (broad SMARTS) is 1. The van der Waals surface area contributed by atoms with E-state index in [2.05, 4.69) is 0 Å². The molecule has 0 saturated carbocycles. The number of carbonyl (C=O) groups excluding carboxylic acids is 1. The molecule has 0 bridgehead atoms. The lowest BCUT2D eigenvalue weighted by Gasteiger charge is -2.17. The Hall–Kier alpha value is -2.82. The SMILES string of the molecule is O=C(O)CCC(C(=O)c1cccc(OCc2ccccc2)c1)c1ccc(Cl)c(Cl)c1. The van der Waals surface area contributed by atoms with Crippen LogP contribution in [0, 0.1) is 0 Å². The van der Waals surface area contributed by atoms with Crippen LogP contribution in [0.25, 0.3) is 0 Å². The molecule has 4 nitrogen and oxygen atoms in total. The monoisotopic (exact) mass is 442 g/mol. The zero-order valence-corrected chi connectivity index (χ0v) is 17.6. The molecule has 0 saturated heterocycles. The van der Waals surface area contributed by atoms with E-state index in [0.717, 1.165) is 5.56 Å². The Bertz CT molecular complexity index is 1030. The van der Waals surface area contributed by atoms with Gasteiger partial charge in [-0.05, 0) is 41.8 Å². The van der Waals surface area contributed by atoms with Crippen LogP contribution in [0.3, 0.4) is 0 Å². The highest BCUT2D eigenvalue weighted by Crippen LogP contribution is 2.32. The van der Waals surface area contributed by atoms with Gasteiger partial charge in [0.05, 0.1) is 10.0 Å². The standard InChI is InChI=1S/C24H20Cl2O4/c25-21-11-9-17(14-22(21)26)20(10-12-23(27)28)24(29)18-7-4-8-19(13-18)30-15-16-5-2-1-3-6-16/h1-9,11,13-14,20H,10,12,15H2,(H,27,28). The summed E-state index contributed by atoms with van der Waals surface area (Å²) in [5.74, 6) is -1.25. The molecule has 0 aliphatic rings. The first-order chi connectivity index (χ1) is 14.4. The van der Waals surface area contributed by atoms with Crippen LogP contribution in [-0.2, 0) is 11.4 Å². The average molecular weight is 443 g/mol. The molecule has 0 fully saturated rings. The first-order valence-electron chi connectivity index (χ1n) is 9.42. The minimum absolute atomic E-state index is 0.138. The first-order valence-corrected chi connectivity index (χ1v) is 10.2. The summed E-state index contributed by atoms with van der Waals surface area (Å²) in [5, 5.41) is 9.80. The fourth-order valence-corrected chi connectivity index (χ4v) is 3.43. The molecule has 3 rings (SSSR count). The van der Waals surface area contributed by atoms with E-state index < -0.39 is 11.9 Å². The summed E-state index contributed by atoms with van der Waals surface area (Å²) >= 11 is 12.1. The quantitative estimate of drug-likeness (QED) is 0.389. The second kappa shape index (κ2) is 10.3. The van der Waals surface area contributed by atoms with Gasteiger partial charge in [0.25, 0.3) is 0 Å². The van der Waals surface area contributed by atoms with E-state index in [9.17, 15) is 9.59 Å². The number of Topliss-reactive ketones (excluding diaryl/α,β-unsaturated/α-hetero) is 1. The number of carbonyl (C=O) groups is 2. The lowest BCUT2D eigenvalue weighted by molar-refractivity contribution is -0.137. The van der Waals surface area contributed by atoms with E-state index in [-0.39, 0.29) is 18.6 Å². The number of halogens is 2. The van der Waals surface area contributed by atoms with E-state index in [1.165, 1.54) is 0 Å². The lowest BCUT2D eigenvalue weighted by Crippen LogP contribution is -2.15. The number of hydrogen-bond acceptors (Lipinski definition) is 3. The summed E-state index contributed by atoms with van der Waals surface area (Å²) in [6.07, 6.45) is 0.0160. The van der Waals surface area contributed by atoms with Gasteiger partial charge in [-0.2, -0.15) is 0 Å². The summed E-state index contributed by atoms with van der Waals surface area (Å²) in [7, 11) is 0. The molecule has 0 spiro atoms. The highest BCUT2D eigenvalue weighted by molar-refractivity contribution is 6.42. The molecule has 0 aliphatic heterocycles. The predicted molar refractivity (Wildman–Crippen MR) is 118 cm³/mol. The van der Waals surface area contributed by atoms with Crippen molar-refractivity contribution < 1.29 is 19.4 Å². The van der Waals surface area contributed by atoms with Crippen LogP contribution >= 0.6 is 23.2 Å². The molecule has 3 aromatic carbocycles. The molecule has 0 heterocycles. The number of carboxylic acids is 1. The van der Waals surface area contributed by atoms with E-state index in [4.69, 9.17) is 33.0 Å². The summed E-state index contributed by atoms with van der Waals surface area (Å²) in [4.78, 5) is 24.4. The Morgan fingerprint density at radius 2 is 1.67 bits per heavy atom. The van der Waals surface area contributed by atoms with Gasteiger partial charge >= 0.3 is 5.97 Å². The van der Waals surface area contributed by atoms with Gasteiger partial charge in [0.2, 0.25) is 0 Å². The van der Waals surface area contributed by atoms with E-state index in [1.807, 2.05) is 30.3 Å². The van der Waals surface area contributed by atoms with E-state index >= 15 is 0 Å². The van der Waals surface area contributed by atoms with Crippen LogP contribution in [0.2, 0.25) is 10.0 Å². The third-order valence-electron chi connectivity index (χ3n) is 4.68. The van der Waals surface area contributed by atoms with Gasteiger partial charge < -0.3 is 9.84 Å². The molecule has 3 aromatic rings. The van der Waals surface area contributed by atoms with Crippen molar-refractivity contribution in [2.75, 3.05) is 0 Å². The summed E-state index contributed by atoms with van der Waals surface area (Å²) in [5.41, 5.74) is 2.10. The van der Waals surface area contributed by atoms with Crippen LogP contribution in [0.4, 0.5) is 0 Å². The van der Waals surface area contributed by atoms with Gasteiger partial charge in [0, 0.05) is 17.9 Å². The average Bonchev–Trinajstić information content (AvgIpc) is 2.75. The summed E-state index contributed by atoms with van der Waals surface area (Å²) < 4.78 is 5.82. The molecule has 0 aliphatic carbocycles. The van der Waals surface area contributed by atoms with Crippen molar-refractivity contribution in [1.29, 1.82) is 0 Å². The number of benzene rings is 3. The number of hydrogen-bond donors (Lipinski definition) is 1. The second-order valence-corrected chi connectivity index (χ2v) is 7.64. The molecule has 6 heteroatoms. The largest absolute Gasteiger partial charge is 0.489 e. The molecule has 154 valence electrons. The summed E-state index contributed by atoms with van der Waals surface area (Å²) in [6.45, 7) is 0.383. The molecule has 1 unspecified atom stereocenters. The summed E-state index contributed by atoms with van der Waals surface area (Å²) in [6, 6.07) is 21.6.